The Morgan fingerprint density at radius 3 is 2.50 bits per heavy atom. The minimum Gasteiger partial charge on any atom is -0.363 e. The van der Waals surface area contributed by atoms with Crippen molar-refractivity contribution in [1.82, 2.24) is 4.90 Å². The molecular formula is C27H25ClN2OS. The number of nitrogens with one attached hydrogen (secondary N) is 1. The van der Waals surface area contributed by atoms with Gasteiger partial charge < -0.3 is 10.2 Å². The van der Waals surface area contributed by atoms with E-state index in [-0.39, 0.29) is 18.3 Å². The molecule has 0 spiro atoms. The first-order valence-corrected chi connectivity index (χ1v) is 11.6. The Labute approximate surface area is 199 Å². The Morgan fingerprint density at radius 2 is 1.75 bits per heavy atom. The first-order chi connectivity index (χ1) is 15.2. The molecule has 5 rings (SSSR count). The number of halogens is 1. The van der Waals surface area contributed by atoms with Crippen molar-refractivity contribution >= 4 is 41.8 Å². The minimum absolute atomic E-state index is 0. The summed E-state index contributed by atoms with van der Waals surface area (Å²) in [6.45, 7) is 0.892. The van der Waals surface area contributed by atoms with Gasteiger partial charge in [0, 0.05) is 24.0 Å². The van der Waals surface area contributed by atoms with Crippen LogP contribution in [0.2, 0.25) is 0 Å². The molecule has 3 aromatic rings. The van der Waals surface area contributed by atoms with Crippen LogP contribution in [0.1, 0.15) is 23.1 Å². The highest BCUT2D eigenvalue weighted by Crippen LogP contribution is 2.29. The zero-order valence-electron chi connectivity index (χ0n) is 17.7. The van der Waals surface area contributed by atoms with Gasteiger partial charge in [0.15, 0.2) is 0 Å². The Morgan fingerprint density at radius 1 is 0.938 bits per heavy atom. The standard InChI is InChI=1S/C27H24N2OS.ClH/c30-27(28-26-12-6-20(7-13-26)18-29-14-15-31-19-29)24-11-9-22-8-10-23(16-25(22)17-24)21-4-2-1-3-5-21;/h1-8,10,12-17H,9,11,18-19H2,(H,28,30);1H. The quantitative estimate of drug-likeness (QED) is 0.458. The van der Waals surface area contributed by atoms with Crippen molar-refractivity contribution in [2.45, 2.75) is 19.4 Å². The molecule has 1 aliphatic heterocycles. The normalized spacial score (nSPS) is 14.4. The van der Waals surface area contributed by atoms with Gasteiger partial charge in [0.05, 0.1) is 5.88 Å². The fourth-order valence-corrected chi connectivity index (χ4v) is 4.74. The number of anilines is 1. The van der Waals surface area contributed by atoms with E-state index < -0.39 is 0 Å². The molecule has 0 bridgehead atoms. The molecule has 1 heterocycles. The number of aryl methyl sites for hydroxylation is 1. The molecule has 0 radical (unpaired) electrons. The highest BCUT2D eigenvalue weighted by atomic mass is 35.5. The lowest BCUT2D eigenvalue weighted by atomic mass is 9.89. The van der Waals surface area contributed by atoms with Gasteiger partial charge in [-0.15, -0.1) is 24.2 Å². The van der Waals surface area contributed by atoms with Gasteiger partial charge in [-0.3, -0.25) is 4.79 Å². The van der Waals surface area contributed by atoms with Crippen molar-refractivity contribution in [3.63, 3.8) is 0 Å². The van der Waals surface area contributed by atoms with E-state index in [2.05, 4.69) is 76.4 Å². The molecule has 0 fully saturated rings. The number of benzene rings is 3. The first kappa shape index (κ1) is 22.3. The molecule has 1 amide bonds. The molecule has 0 saturated heterocycles. The lowest BCUT2D eigenvalue weighted by molar-refractivity contribution is -0.112. The van der Waals surface area contributed by atoms with E-state index in [1.54, 1.807) is 11.8 Å². The van der Waals surface area contributed by atoms with Crippen molar-refractivity contribution < 1.29 is 4.79 Å². The van der Waals surface area contributed by atoms with Crippen LogP contribution in [0.25, 0.3) is 17.2 Å². The van der Waals surface area contributed by atoms with Crippen LogP contribution in [0.4, 0.5) is 5.69 Å². The predicted molar refractivity (Wildman–Crippen MR) is 138 cm³/mol. The van der Waals surface area contributed by atoms with Gasteiger partial charge >= 0.3 is 0 Å². The first-order valence-electron chi connectivity index (χ1n) is 10.6. The van der Waals surface area contributed by atoms with Gasteiger partial charge in [-0.25, -0.2) is 0 Å². The molecular weight excluding hydrogens is 436 g/mol. The maximum atomic E-state index is 12.9. The summed E-state index contributed by atoms with van der Waals surface area (Å²) in [5.41, 5.74) is 7.73. The maximum absolute atomic E-state index is 12.9. The molecule has 0 atom stereocenters. The summed E-state index contributed by atoms with van der Waals surface area (Å²) in [6.07, 6.45) is 5.83. The molecule has 2 aliphatic rings. The molecule has 1 N–H and O–H groups in total. The number of carbonyl (C=O) groups is 1. The highest BCUT2D eigenvalue weighted by Gasteiger charge is 2.17. The van der Waals surface area contributed by atoms with Crippen molar-refractivity contribution in [3.05, 3.63) is 107 Å². The molecule has 162 valence electrons. The highest BCUT2D eigenvalue weighted by molar-refractivity contribution is 8.02. The Kier molecular flexibility index (Phi) is 7.03. The molecule has 3 aromatic carbocycles. The molecule has 32 heavy (non-hydrogen) atoms. The lowest BCUT2D eigenvalue weighted by Gasteiger charge is -2.18. The molecule has 1 aliphatic carbocycles. The maximum Gasteiger partial charge on any atom is 0.251 e. The monoisotopic (exact) mass is 460 g/mol. The Balaban J connectivity index is 0.00000245. The van der Waals surface area contributed by atoms with Crippen LogP contribution < -0.4 is 5.32 Å². The molecule has 5 heteroatoms. The summed E-state index contributed by atoms with van der Waals surface area (Å²) in [5, 5.41) is 5.19. The number of nitrogens with zero attached hydrogens (tertiary/aromatic N) is 1. The van der Waals surface area contributed by atoms with Crippen LogP contribution in [0.15, 0.2) is 90.0 Å². The van der Waals surface area contributed by atoms with E-state index in [0.29, 0.717) is 0 Å². The Hall–Kier alpha value is -2.95. The lowest BCUT2D eigenvalue weighted by Crippen LogP contribution is -2.17. The third-order valence-electron chi connectivity index (χ3n) is 5.74. The van der Waals surface area contributed by atoms with Gasteiger partial charge in [0.2, 0.25) is 0 Å². The zero-order valence-corrected chi connectivity index (χ0v) is 19.3. The van der Waals surface area contributed by atoms with E-state index in [9.17, 15) is 4.79 Å². The van der Waals surface area contributed by atoms with Crippen LogP contribution in [0.5, 0.6) is 0 Å². The molecule has 3 nitrogen and oxygen atoms in total. The number of thioether (sulfide) groups is 1. The van der Waals surface area contributed by atoms with E-state index in [1.807, 2.05) is 24.3 Å². The van der Waals surface area contributed by atoms with Crippen molar-refractivity contribution in [2.75, 3.05) is 11.2 Å². The number of amides is 1. The molecule has 0 unspecified atom stereocenters. The van der Waals surface area contributed by atoms with E-state index >= 15 is 0 Å². The molecule has 0 aromatic heterocycles. The fraction of sp³-hybridized carbons (Fsp3) is 0.148. The largest absolute Gasteiger partial charge is 0.363 e. The topological polar surface area (TPSA) is 32.3 Å². The summed E-state index contributed by atoms with van der Waals surface area (Å²) in [4.78, 5) is 15.2. The zero-order chi connectivity index (χ0) is 21.0. The Bertz CT molecular complexity index is 1160. The van der Waals surface area contributed by atoms with E-state index in [4.69, 9.17) is 0 Å². The second-order valence-corrected chi connectivity index (χ2v) is 8.79. The number of hydrogen-bond donors (Lipinski definition) is 1. The fourth-order valence-electron chi connectivity index (χ4n) is 4.02. The van der Waals surface area contributed by atoms with Gasteiger partial charge in [-0.1, -0.05) is 54.6 Å². The van der Waals surface area contributed by atoms with Crippen LogP contribution in [0.3, 0.4) is 0 Å². The summed E-state index contributed by atoms with van der Waals surface area (Å²) in [6, 6.07) is 25.1. The van der Waals surface area contributed by atoms with E-state index in [1.165, 1.54) is 22.3 Å². The molecule has 0 saturated carbocycles. The van der Waals surface area contributed by atoms with Gasteiger partial charge in [0.25, 0.3) is 5.91 Å². The number of carbonyl (C=O) groups excluding carboxylic acids is 1. The number of hydrogen-bond acceptors (Lipinski definition) is 3. The predicted octanol–water partition coefficient (Wildman–Crippen LogP) is 6.72. The average Bonchev–Trinajstić information content (AvgIpc) is 3.33. The second kappa shape index (κ2) is 10.1. The number of rotatable bonds is 5. The summed E-state index contributed by atoms with van der Waals surface area (Å²) < 4.78 is 0. The summed E-state index contributed by atoms with van der Waals surface area (Å²) in [7, 11) is 0. The third kappa shape index (κ3) is 5.09. The van der Waals surface area contributed by atoms with Crippen molar-refractivity contribution in [1.29, 1.82) is 0 Å². The minimum atomic E-state index is -0.0117. The van der Waals surface area contributed by atoms with Gasteiger partial charge in [-0.2, -0.15) is 0 Å². The smallest absolute Gasteiger partial charge is 0.251 e. The van der Waals surface area contributed by atoms with Gasteiger partial charge in [-0.05, 0) is 70.3 Å². The number of fused-ring (bicyclic) bond motifs is 1. The SMILES string of the molecule is Cl.O=C(Nc1ccc(CN2C=CSC2)cc1)C1=Cc2cc(-c3ccccc3)ccc2CC1. The van der Waals surface area contributed by atoms with E-state index in [0.717, 1.165) is 42.1 Å². The second-order valence-electron chi connectivity index (χ2n) is 7.93. The van der Waals surface area contributed by atoms with Crippen LogP contribution in [-0.2, 0) is 17.8 Å². The van der Waals surface area contributed by atoms with Gasteiger partial charge in [0.1, 0.15) is 0 Å². The average molecular weight is 461 g/mol. The summed E-state index contributed by atoms with van der Waals surface area (Å²) >= 11 is 1.81. The van der Waals surface area contributed by atoms with Crippen molar-refractivity contribution in [3.8, 4) is 11.1 Å². The van der Waals surface area contributed by atoms with Crippen LogP contribution >= 0.6 is 24.2 Å². The van der Waals surface area contributed by atoms with Crippen molar-refractivity contribution in [2.24, 2.45) is 0 Å². The third-order valence-corrected chi connectivity index (χ3v) is 6.54. The van der Waals surface area contributed by atoms with Crippen LogP contribution in [-0.4, -0.2) is 16.7 Å². The van der Waals surface area contributed by atoms with Crippen LogP contribution in [0, 0.1) is 0 Å². The summed E-state index contributed by atoms with van der Waals surface area (Å²) in [5.74, 6) is 0.988.